The Morgan fingerprint density at radius 1 is 1.36 bits per heavy atom. The van der Waals surface area contributed by atoms with Crippen molar-refractivity contribution in [3.8, 4) is 0 Å². The van der Waals surface area contributed by atoms with Crippen molar-refractivity contribution < 1.29 is 23.1 Å². The van der Waals surface area contributed by atoms with Gasteiger partial charge in [-0.1, -0.05) is 12.2 Å². The first-order valence-electron chi connectivity index (χ1n) is 6.94. The molecule has 0 saturated heterocycles. The summed E-state index contributed by atoms with van der Waals surface area (Å²) in [6.07, 6.45) is 5.72. The maximum absolute atomic E-state index is 12.2. The SMILES string of the molecule is COC(=O)c1ccc(S(=O)(=O)NCC2(O)C=CCCC2)cc1. The summed E-state index contributed by atoms with van der Waals surface area (Å²) in [5.74, 6) is -0.529. The molecule has 1 atom stereocenters. The number of methoxy groups -OCH3 is 1. The summed E-state index contributed by atoms with van der Waals surface area (Å²) in [6, 6.07) is 5.43. The van der Waals surface area contributed by atoms with E-state index in [2.05, 4.69) is 9.46 Å². The Labute approximate surface area is 129 Å². The first kappa shape index (κ1) is 16.7. The third kappa shape index (κ3) is 3.94. The fourth-order valence-electron chi connectivity index (χ4n) is 2.25. The second-order valence-corrected chi connectivity index (χ2v) is 7.01. The van der Waals surface area contributed by atoms with E-state index in [-0.39, 0.29) is 17.0 Å². The predicted octanol–water partition coefficient (Wildman–Crippen LogP) is 1.22. The van der Waals surface area contributed by atoms with Crippen LogP contribution in [0.4, 0.5) is 0 Å². The molecule has 1 aromatic carbocycles. The van der Waals surface area contributed by atoms with Gasteiger partial charge < -0.3 is 9.84 Å². The number of rotatable bonds is 5. The molecule has 7 heteroatoms. The lowest BCUT2D eigenvalue weighted by molar-refractivity contribution is 0.0600. The van der Waals surface area contributed by atoms with Crippen LogP contribution in [0.2, 0.25) is 0 Å². The topological polar surface area (TPSA) is 92.7 Å². The number of nitrogens with one attached hydrogen (secondary N) is 1. The quantitative estimate of drug-likeness (QED) is 0.627. The summed E-state index contributed by atoms with van der Waals surface area (Å²) >= 11 is 0. The zero-order valence-electron chi connectivity index (χ0n) is 12.3. The van der Waals surface area contributed by atoms with Crippen LogP contribution in [-0.2, 0) is 14.8 Å². The minimum Gasteiger partial charge on any atom is -0.465 e. The molecular formula is C15H19NO5S. The van der Waals surface area contributed by atoms with E-state index in [0.29, 0.717) is 6.42 Å². The van der Waals surface area contributed by atoms with E-state index in [1.54, 1.807) is 6.08 Å². The van der Waals surface area contributed by atoms with Crippen LogP contribution in [-0.4, -0.2) is 38.7 Å². The van der Waals surface area contributed by atoms with Crippen LogP contribution in [0.5, 0.6) is 0 Å². The van der Waals surface area contributed by atoms with Gasteiger partial charge in [0.2, 0.25) is 10.0 Å². The number of hydrogen-bond acceptors (Lipinski definition) is 5. The molecule has 0 fully saturated rings. The van der Waals surface area contributed by atoms with Gasteiger partial charge in [-0.3, -0.25) is 0 Å². The van der Waals surface area contributed by atoms with Crippen LogP contribution in [0.25, 0.3) is 0 Å². The third-order valence-corrected chi connectivity index (χ3v) is 4.98. The second-order valence-electron chi connectivity index (χ2n) is 5.24. The number of benzene rings is 1. The molecule has 0 heterocycles. The van der Waals surface area contributed by atoms with E-state index in [0.717, 1.165) is 12.8 Å². The number of aliphatic hydroxyl groups is 1. The van der Waals surface area contributed by atoms with Crippen LogP contribution < -0.4 is 4.72 Å². The highest BCUT2D eigenvalue weighted by atomic mass is 32.2. The van der Waals surface area contributed by atoms with Crippen molar-refractivity contribution in [3.63, 3.8) is 0 Å². The Hall–Kier alpha value is -1.70. The van der Waals surface area contributed by atoms with E-state index < -0.39 is 21.6 Å². The predicted molar refractivity (Wildman–Crippen MR) is 80.9 cm³/mol. The molecule has 120 valence electrons. The molecule has 0 amide bonds. The lowest BCUT2D eigenvalue weighted by atomic mass is 9.91. The average molecular weight is 325 g/mol. The van der Waals surface area contributed by atoms with Crippen molar-refractivity contribution in [1.82, 2.24) is 4.72 Å². The molecule has 1 aromatic rings. The summed E-state index contributed by atoms with van der Waals surface area (Å²) in [6.45, 7) is -0.0788. The largest absolute Gasteiger partial charge is 0.465 e. The van der Waals surface area contributed by atoms with Crippen LogP contribution in [0, 0.1) is 0 Å². The minimum absolute atomic E-state index is 0.0311. The Balaban J connectivity index is 2.08. The van der Waals surface area contributed by atoms with Gasteiger partial charge in [0.1, 0.15) is 0 Å². The smallest absolute Gasteiger partial charge is 0.337 e. The normalized spacial score (nSPS) is 21.5. The van der Waals surface area contributed by atoms with Gasteiger partial charge in [0, 0.05) is 6.54 Å². The number of sulfonamides is 1. The fraction of sp³-hybridized carbons (Fsp3) is 0.400. The summed E-state index contributed by atoms with van der Waals surface area (Å²) in [5, 5.41) is 10.3. The van der Waals surface area contributed by atoms with Gasteiger partial charge >= 0.3 is 5.97 Å². The number of esters is 1. The zero-order chi connectivity index (χ0) is 16.2. The van der Waals surface area contributed by atoms with E-state index >= 15 is 0 Å². The van der Waals surface area contributed by atoms with Crippen molar-refractivity contribution in [2.45, 2.75) is 29.8 Å². The molecule has 0 aromatic heterocycles. The Morgan fingerprint density at radius 2 is 2.05 bits per heavy atom. The first-order valence-corrected chi connectivity index (χ1v) is 8.43. The zero-order valence-corrected chi connectivity index (χ0v) is 13.1. The Kier molecular flexibility index (Phi) is 5.00. The molecule has 2 rings (SSSR count). The van der Waals surface area contributed by atoms with Crippen molar-refractivity contribution in [3.05, 3.63) is 42.0 Å². The highest BCUT2D eigenvalue weighted by Gasteiger charge is 2.27. The lowest BCUT2D eigenvalue weighted by Crippen LogP contribution is -2.42. The maximum Gasteiger partial charge on any atom is 0.337 e. The first-order chi connectivity index (χ1) is 10.4. The Morgan fingerprint density at radius 3 is 2.59 bits per heavy atom. The van der Waals surface area contributed by atoms with Gasteiger partial charge in [-0.05, 0) is 43.5 Å². The molecule has 6 nitrogen and oxygen atoms in total. The molecule has 0 radical (unpaired) electrons. The van der Waals surface area contributed by atoms with Crippen LogP contribution in [0.1, 0.15) is 29.6 Å². The molecule has 2 N–H and O–H groups in total. The minimum atomic E-state index is -3.74. The van der Waals surface area contributed by atoms with E-state index in [4.69, 9.17) is 0 Å². The van der Waals surface area contributed by atoms with Crippen molar-refractivity contribution >= 4 is 16.0 Å². The van der Waals surface area contributed by atoms with Crippen molar-refractivity contribution in [1.29, 1.82) is 0 Å². The average Bonchev–Trinajstić information content (AvgIpc) is 2.53. The number of carbonyl (C=O) groups excluding carboxylic acids is 1. The lowest BCUT2D eigenvalue weighted by Gasteiger charge is -2.27. The molecule has 0 spiro atoms. The summed E-state index contributed by atoms with van der Waals surface area (Å²) in [4.78, 5) is 11.4. The van der Waals surface area contributed by atoms with Crippen LogP contribution in [0.15, 0.2) is 41.3 Å². The molecule has 1 aliphatic carbocycles. The molecule has 0 aliphatic heterocycles. The van der Waals surface area contributed by atoms with Gasteiger partial charge in [0.25, 0.3) is 0 Å². The number of carbonyl (C=O) groups is 1. The molecule has 1 unspecified atom stereocenters. The number of ether oxygens (including phenoxy) is 1. The number of hydrogen-bond donors (Lipinski definition) is 2. The molecule has 0 bridgehead atoms. The Bertz CT molecular complexity index is 666. The highest BCUT2D eigenvalue weighted by molar-refractivity contribution is 7.89. The van der Waals surface area contributed by atoms with Crippen molar-refractivity contribution in [2.75, 3.05) is 13.7 Å². The molecule has 1 aliphatic rings. The van der Waals surface area contributed by atoms with Gasteiger partial charge in [-0.2, -0.15) is 0 Å². The standard InChI is InChI=1S/C15H19NO5S/c1-21-14(17)12-5-7-13(8-6-12)22(19,20)16-11-15(18)9-3-2-4-10-15/h3,5-9,16,18H,2,4,10-11H2,1H3. The summed E-state index contributed by atoms with van der Waals surface area (Å²) in [7, 11) is -2.49. The number of allylic oxidation sites excluding steroid dienone is 1. The van der Waals surface area contributed by atoms with E-state index in [9.17, 15) is 18.3 Å². The second kappa shape index (κ2) is 6.60. The van der Waals surface area contributed by atoms with Crippen molar-refractivity contribution in [2.24, 2.45) is 0 Å². The molecular weight excluding hydrogens is 306 g/mol. The molecule has 22 heavy (non-hydrogen) atoms. The van der Waals surface area contributed by atoms with E-state index in [1.165, 1.54) is 31.4 Å². The maximum atomic E-state index is 12.2. The highest BCUT2D eigenvalue weighted by Crippen LogP contribution is 2.22. The van der Waals surface area contributed by atoms with E-state index in [1.807, 2.05) is 6.08 Å². The summed E-state index contributed by atoms with van der Waals surface area (Å²) < 4.78 is 31.4. The molecule has 0 saturated carbocycles. The third-order valence-electron chi connectivity index (χ3n) is 3.56. The van der Waals surface area contributed by atoms with Gasteiger partial charge in [0.05, 0.1) is 23.2 Å². The fourth-order valence-corrected chi connectivity index (χ4v) is 3.35. The van der Waals surface area contributed by atoms with Gasteiger partial charge in [0.15, 0.2) is 0 Å². The van der Waals surface area contributed by atoms with Crippen LogP contribution in [0.3, 0.4) is 0 Å². The monoisotopic (exact) mass is 325 g/mol. The van der Waals surface area contributed by atoms with Gasteiger partial charge in [-0.15, -0.1) is 0 Å². The van der Waals surface area contributed by atoms with Gasteiger partial charge in [-0.25, -0.2) is 17.9 Å². The van der Waals surface area contributed by atoms with Crippen LogP contribution >= 0.6 is 0 Å². The summed E-state index contributed by atoms with van der Waals surface area (Å²) in [5.41, 5.74) is -0.868.